The van der Waals surface area contributed by atoms with Gasteiger partial charge in [0.1, 0.15) is 17.9 Å². The summed E-state index contributed by atoms with van der Waals surface area (Å²) < 4.78 is 0. The number of aromatic amines is 1. The van der Waals surface area contributed by atoms with Crippen LogP contribution in [0.25, 0.3) is 20.7 Å². The van der Waals surface area contributed by atoms with Crippen LogP contribution < -0.4 is 10.5 Å². The van der Waals surface area contributed by atoms with Crippen LogP contribution in [0, 0.1) is 6.92 Å². The van der Waals surface area contributed by atoms with Crippen LogP contribution >= 0.6 is 22.7 Å². The maximum Gasteiger partial charge on any atom is 0.260 e. The molecule has 4 aromatic rings. The van der Waals surface area contributed by atoms with Crippen molar-refractivity contribution in [2.45, 2.75) is 20.0 Å². The first-order valence-corrected chi connectivity index (χ1v) is 10.2. The molecule has 0 saturated carbocycles. The van der Waals surface area contributed by atoms with Crippen molar-refractivity contribution in [3.8, 4) is 10.4 Å². The molecule has 0 amide bonds. The Morgan fingerprint density at radius 2 is 1.92 bits per heavy atom. The summed E-state index contributed by atoms with van der Waals surface area (Å²) in [5, 5.41) is 2.75. The van der Waals surface area contributed by atoms with Gasteiger partial charge in [-0.05, 0) is 19.1 Å². The average Bonchev–Trinajstić information content (AvgIpc) is 3.22. The molecule has 0 bridgehead atoms. The second kappa shape index (κ2) is 7.15. The number of fused-ring (bicyclic) bond motifs is 1. The first-order valence-electron chi connectivity index (χ1n) is 8.52. The van der Waals surface area contributed by atoms with Gasteiger partial charge < -0.3 is 9.88 Å². The molecule has 4 rings (SSSR count). The molecule has 26 heavy (non-hydrogen) atoms. The van der Waals surface area contributed by atoms with Gasteiger partial charge in [-0.2, -0.15) is 0 Å². The Hall–Kier alpha value is -2.28. The number of nitrogens with zero attached hydrogens (tertiary/aromatic N) is 1. The van der Waals surface area contributed by atoms with Crippen LogP contribution in [0.1, 0.15) is 16.3 Å². The maximum atomic E-state index is 12.7. The number of benzene rings is 1. The van der Waals surface area contributed by atoms with E-state index in [1.54, 1.807) is 22.7 Å². The van der Waals surface area contributed by atoms with E-state index in [0.29, 0.717) is 11.9 Å². The van der Waals surface area contributed by atoms with Gasteiger partial charge in [-0.15, -0.1) is 22.7 Å². The second-order valence-corrected chi connectivity index (χ2v) is 8.69. The summed E-state index contributed by atoms with van der Waals surface area (Å²) in [6, 6.07) is 14.5. The summed E-state index contributed by atoms with van der Waals surface area (Å²) in [5.74, 6) is 0.742. The second-order valence-electron chi connectivity index (χ2n) is 6.55. The predicted octanol–water partition coefficient (Wildman–Crippen LogP) is 3.24. The van der Waals surface area contributed by atoms with Crippen molar-refractivity contribution < 1.29 is 4.90 Å². The van der Waals surface area contributed by atoms with Gasteiger partial charge in [-0.1, -0.05) is 30.3 Å². The molecule has 0 aliphatic rings. The highest BCUT2D eigenvalue weighted by Gasteiger charge is 2.15. The number of H-pyrrole nitrogens is 1. The van der Waals surface area contributed by atoms with Gasteiger partial charge in [0.2, 0.25) is 0 Å². The largest absolute Gasteiger partial charge is 0.327 e. The molecule has 132 valence electrons. The fourth-order valence-corrected chi connectivity index (χ4v) is 5.05. The van der Waals surface area contributed by atoms with Gasteiger partial charge in [0.15, 0.2) is 5.82 Å². The van der Waals surface area contributed by atoms with Crippen molar-refractivity contribution >= 4 is 32.9 Å². The van der Waals surface area contributed by atoms with E-state index in [4.69, 9.17) is 4.98 Å². The van der Waals surface area contributed by atoms with E-state index in [2.05, 4.69) is 43.2 Å². The summed E-state index contributed by atoms with van der Waals surface area (Å²) >= 11 is 3.25. The molecule has 1 atom stereocenters. The third-order valence-electron chi connectivity index (χ3n) is 4.32. The van der Waals surface area contributed by atoms with E-state index in [1.165, 1.54) is 15.3 Å². The molecule has 3 aromatic heterocycles. The van der Waals surface area contributed by atoms with Crippen LogP contribution in [-0.2, 0) is 13.1 Å². The molecule has 6 heteroatoms. The summed E-state index contributed by atoms with van der Waals surface area (Å²) in [7, 11) is 2.12. The standard InChI is InChI=1S/C20H19N3OS2/c1-13-8-9-16(26-13)15-12-25-20-18(15)19(24)21-17(22-20)11-23(2)10-14-6-4-3-5-7-14/h3-9,12H,10-11H2,1-2H3,(H,21,22,24)/p+1. The molecule has 2 N–H and O–H groups in total. The quantitative estimate of drug-likeness (QED) is 0.557. The Bertz CT molecular complexity index is 1100. The van der Waals surface area contributed by atoms with Crippen LogP contribution in [0.5, 0.6) is 0 Å². The third-order valence-corrected chi connectivity index (χ3v) is 6.22. The Balaban J connectivity index is 1.61. The van der Waals surface area contributed by atoms with Crippen LogP contribution in [0.15, 0.2) is 52.6 Å². The van der Waals surface area contributed by atoms with Crippen LogP contribution in [0.4, 0.5) is 0 Å². The lowest BCUT2D eigenvalue weighted by Gasteiger charge is -2.13. The van der Waals surface area contributed by atoms with Gasteiger partial charge in [-0.25, -0.2) is 4.98 Å². The number of thiophene rings is 2. The fraction of sp³-hybridized carbons (Fsp3) is 0.200. The van der Waals surface area contributed by atoms with Gasteiger partial charge in [0, 0.05) is 26.3 Å². The minimum absolute atomic E-state index is 0.0418. The normalized spacial score (nSPS) is 12.5. The van der Waals surface area contributed by atoms with E-state index in [9.17, 15) is 4.79 Å². The molecule has 0 aliphatic carbocycles. The van der Waals surface area contributed by atoms with E-state index < -0.39 is 0 Å². The van der Waals surface area contributed by atoms with Crippen LogP contribution in [0.3, 0.4) is 0 Å². The number of aromatic nitrogens is 2. The van der Waals surface area contributed by atoms with E-state index >= 15 is 0 Å². The Morgan fingerprint density at radius 3 is 2.65 bits per heavy atom. The number of aryl methyl sites for hydroxylation is 1. The van der Waals surface area contributed by atoms with E-state index in [1.807, 2.05) is 23.6 Å². The monoisotopic (exact) mass is 382 g/mol. The molecule has 1 aromatic carbocycles. The summed E-state index contributed by atoms with van der Waals surface area (Å²) in [5.41, 5.74) is 2.23. The lowest BCUT2D eigenvalue weighted by molar-refractivity contribution is -0.908. The lowest BCUT2D eigenvalue weighted by atomic mass is 10.2. The van der Waals surface area contributed by atoms with Crippen molar-refractivity contribution in [1.82, 2.24) is 9.97 Å². The minimum atomic E-state index is -0.0418. The fourth-order valence-electron chi connectivity index (χ4n) is 3.13. The van der Waals surface area contributed by atoms with Crippen molar-refractivity contribution in [2.75, 3.05) is 7.05 Å². The van der Waals surface area contributed by atoms with E-state index in [0.717, 1.165) is 27.6 Å². The first kappa shape index (κ1) is 17.1. The number of quaternary nitrogens is 1. The lowest BCUT2D eigenvalue weighted by Crippen LogP contribution is -3.06. The first-order chi connectivity index (χ1) is 12.6. The predicted molar refractivity (Wildman–Crippen MR) is 109 cm³/mol. The average molecular weight is 383 g/mol. The Labute approximate surface area is 159 Å². The van der Waals surface area contributed by atoms with Gasteiger partial charge >= 0.3 is 0 Å². The van der Waals surface area contributed by atoms with Crippen molar-refractivity contribution in [3.05, 3.63) is 74.5 Å². The molecular formula is C20H20N3OS2+. The topological polar surface area (TPSA) is 50.2 Å². The highest BCUT2D eigenvalue weighted by atomic mass is 32.1. The van der Waals surface area contributed by atoms with Gasteiger partial charge in [-0.3, -0.25) is 4.79 Å². The highest BCUT2D eigenvalue weighted by molar-refractivity contribution is 7.19. The summed E-state index contributed by atoms with van der Waals surface area (Å²) in [6.45, 7) is 3.66. The Kier molecular flexibility index (Phi) is 4.72. The SMILES string of the molecule is Cc1ccc(-c2csc3nc(C[NH+](C)Cc4ccccc4)[nH]c(=O)c23)s1. The number of hydrogen-bond donors (Lipinski definition) is 2. The molecule has 4 nitrogen and oxygen atoms in total. The Morgan fingerprint density at radius 1 is 1.12 bits per heavy atom. The summed E-state index contributed by atoms with van der Waals surface area (Å²) in [6.07, 6.45) is 0. The zero-order chi connectivity index (χ0) is 18.1. The van der Waals surface area contributed by atoms with Crippen LogP contribution in [0.2, 0.25) is 0 Å². The van der Waals surface area contributed by atoms with Crippen molar-refractivity contribution in [3.63, 3.8) is 0 Å². The van der Waals surface area contributed by atoms with Gasteiger partial charge in [0.05, 0.1) is 12.4 Å². The third kappa shape index (κ3) is 3.49. The summed E-state index contributed by atoms with van der Waals surface area (Å²) in [4.78, 5) is 24.9. The smallest absolute Gasteiger partial charge is 0.260 e. The number of nitrogens with one attached hydrogen (secondary N) is 2. The zero-order valence-electron chi connectivity index (χ0n) is 14.7. The van der Waals surface area contributed by atoms with Crippen LogP contribution in [-0.4, -0.2) is 17.0 Å². The minimum Gasteiger partial charge on any atom is -0.327 e. The molecule has 3 heterocycles. The van der Waals surface area contributed by atoms with E-state index in [-0.39, 0.29) is 5.56 Å². The zero-order valence-corrected chi connectivity index (χ0v) is 16.3. The maximum absolute atomic E-state index is 12.7. The van der Waals surface area contributed by atoms with Gasteiger partial charge in [0.25, 0.3) is 5.56 Å². The number of rotatable bonds is 5. The molecular weight excluding hydrogens is 362 g/mol. The molecule has 0 fully saturated rings. The molecule has 0 spiro atoms. The molecule has 0 aliphatic heterocycles. The highest BCUT2D eigenvalue weighted by Crippen LogP contribution is 2.34. The molecule has 1 unspecified atom stereocenters. The van der Waals surface area contributed by atoms with Crippen molar-refractivity contribution in [2.24, 2.45) is 0 Å². The molecule has 0 saturated heterocycles. The number of hydrogen-bond acceptors (Lipinski definition) is 4. The van der Waals surface area contributed by atoms with Crippen molar-refractivity contribution in [1.29, 1.82) is 0 Å². The molecule has 0 radical (unpaired) electrons.